The average Bonchev–Trinajstić information content (AvgIpc) is 3.18. The summed E-state index contributed by atoms with van der Waals surface area (Å²) < 4.78 is 8.77. The van der Waals surface area contributed by atoms with Gasteiger partial charge in [-0.2, -0.15) is 10.4 Å². The summed E-state index contributed by atoms with van der Waals surface area (Å²) in [7, 11) is -1.12. The smallest absolute Gasteiger partial charge is 0.170 e. The first-order valence-corrected chi connectivity index (χ1v) is 13.3. The summed E-state index contributed by atoms with van der Waals surface area (Å²) in [6, 6.07) is 7.47. The third-order valence-corrected chi connectivity index (χ3v) is 7.14. The molecule has 5 nitrogen and oxygen atoms in total. The topological polar surface area (TPSA) is 63.7 Å². The number of hydrogen-bond donors (Lipinski definition) is 0. The first kappa shape index (κ1) is 18.8. The number of aryl methyl sites for hydroxylation is 1. The predicted molar refractivity (Wildman–Crippen MR) is 109 cm³/mol. The molecular formula is C19H24N4OSSi. The Hall–Kier alpha value is -2.01. The van der Waals surface area contributed by atoms with E-state index in [0.29, 0.717) is 12.4 Å². The average molecular weight is 385 g/mol. The minimum atomic E-state index is -1.12. The Morgan fingerprint density at radius 3 is 2.73 bits per heavy atom. The van der Waals surface area contributed by atoms with Crippen molar-refractivity contribution in [1.82, 2.24) is 14.8 Å². The van der Waals surface area contributed by atoms with Crippen molar-refractivity contribution in [3.05, 3.63) is 34.6 Å². The summed E-state index contributed by atoms with van der Waals surface area (Å²) in [5.41, 5.74) is 7.18. The van der Waals surface area contributed by atoms with Crippen molar-refractivity contribution < 1.29 is 4.74 Å². The van der Waals surface area contributed by atoms with E-state index in [9.17, 15) is 5.26 Å². The second-order valence-electron chi connectivity index (χ2n) is 7.73. The second kappa shape index (κ2) is 7.31. The van der Waals surface area contributed by atoms with Gasteiger partial charge in [0.15, 0.2) is 5.69 Å². The molecular weight excluding hydrogens is 360 g/mol. The molecule has 0 unspecified atom stereocenters. The molecule has 2 aromatic heterocycles. The molecule has 0 atom stereocenters. The van der Waals surface area contributed by atoms with Crippen LogP contribution < -0.4 is 0 Å². The molecule has 3 rings (SSSR count). The number of fused-ring (bicyclic) bond motifs is 1. The van der Waals surface area contributed by atoms with Crippen LogP contribution in [-0.4, -0.2) is 29.4 Å². The molecule has 0 aliphatic carbocycles. The number of aromatic nitrogens is 3. The highest BCUT2D eigenvalue weighted by Gasteiger charge is 2.20. The van der Waals surface area contributed by atoms with Crippen molar-refractivity contribution >= 4 is 29.6 Å². The van der Waals surface area contributed by atoms with Gasteiger partial charge in [-0.15, -0.1) is 11.3 Å². The van der Waals surface area contributed by atoms with Crippen LogP contribution >= 0.6 is 11.3 Å². The zero-order valence-electron chi connectivity index (χ0n) is 16.0. The monoisotopic (exact) mass is 384 g/mol. The summed E-state index contributed by atoms with van der Waals surface area (Å²) in [5.74, 6) is 0. The quantitative estimate of drug-likeness (QED) is 0.445. The van der Waals surface area contributed by atoms with Gasteiger partial charge in [-0.1, -0.05) is 31.8 Å². The van der Waals surface area contributed by atoms with Crippen molar-refractivity contribution in [3.8, 4) is 17.2 Å². The first-order valence-electron chi connectivity index (χ1n) is 8.70. The van der Waals surface area contributed by atoms with E-state index in [1.165, 1.54) is 5.56 Å². The Bertz CT molecular complexity index is 978. The van der Waals surface area contributed by atoms with Gasteiger partial charge in [-0.05, 0) is 25.5 Å². The summed E-state index contributed by atoms with van der Waals surface area (Å²) in [6.45, 7) is 12.2. The Morgan fingerprint density at radius 1 is 1.27 bits per heavy atom. The minimum absolute atomic E-state index is 0.372. The van der Waals surface area contributed by atoms with Crippen molar-refractivity contribution in [2.75, 3.05) is 6.61 Å². The van der Waals surface area contributed by atoms with E-state index in [2.05, 4.69) is 48.8 Å². The zero-order valence-corrected chi connectivity index (χ0v) is 17.8. The summed E-state index contributed by atoms with van der Waals surface area (Å²) in [5, 5.41) is 14.1. The third kappa shape index (κ3) is 3.73. The maximum Gasteiger partial charge on any atom is 0.170 e. The molecule has 0 saturated heterocycles. The normalized spacial score (nSPS) is 11.8. The fourth-order valence-electron chi connectivity index (χ4n) is 2.88. The number of ether oxygens (including phenoxy) is 1. The highest BCUT2D eigenvalue weighted by atomic mass is 32.1. The summed E-state index contributed by atoms with van der Waals surface area (Å²) >= 11 is 1.63. The third-order valence-electron chi connectivity index (χ3n) is 4.47. The molecule has 0 amide bonds. The zero-order chi connectivity index (χ0) is 18.9. The van der Waals surface area contributed by atoms with Crippen molar-refractivity contribution in [2.45, 2.75) is 46.3 Å². The molecule has 0 saturated carbocycles. The lowest BCUT2D eigenvalue weighted by molar-refractivity contribution is 0.0771. The number of rotatable bonds is 6. The van der Waals surface area contributed by atoms with Gasteiger partial charge in [0.2, 0.25) is 0 Å². The Labute approximate surface area is 159 Å². The van der Waals surface area contributed by atoms with Gasteiger partial charge in [-0.3, -0.25) is 0 Å². The Kier molecular flexibility index (Phi) is 5.28. The van der Waals surface area contributed by atoms with Crippen LogP contribution in [0.5, 0.6) is 0 Å². The van der Waals surface area contributed by atoms with Crippen molar-refractivity contribution in [2.24, 2.45) is 0 Å². The molecule has 26 heavy (non-hydrogen) atoms. The maximum atomic E-state index is 9.59. The van der Waals surface area contributed by atoms with E-state index in [-0.39, 0.29) is 0 Å². The van der Waals surface area contributed by atoms with E-state index in [4.69, 9.17) is 4.74 Å². The van der Waals surface area contributed by atoms with Crippen LogP contribution in [0.3, 0.4) is 0 Å². The maximum absolute atomic E-state index is 9.59. The van der Waals surface area contributed by atoms with Crippen molar-refractivity contribution in [1.29, 1.82) is 5.26 Å². The van der Waals surface area contributed by atoms with Crippen LogP contribution in [0.15, 0.2) is 17.6 Å². The van der Waals surface area contributed by atoms with Gasteiger partial charge in [0, 0.05) is 31.5 Å². The molecule has 0 fully saturated rings. The van der Waals surface area contributed by atoms with E-state index in [1.54, 1.807) is 16.0 Å². The molecule has 0 radical (unpaired) electrons. The minimum Gasteiger partial charge on any atom is -0.360 e. The van der Waals surface area contributed by atoms with Gasteiger partial charge in [0.1, 0.15) is 12.8 Å². The summed E-state index contributed by atoms with van der Waals surface area (Å²) in [6.07, 6.45) is 0. The molecule has 3 aromatic rings. The Balaban J connectivity index is 1.93. The highest BCUT2D eigenvalue weighted by Crippen LogP contribution is 2.35. The molecule has 7 heteroatoms. The number of thiazole rings is 1. The van der Waals surface area contributed by atoms with Gasteiger partial charge in [0.25, 0.3) is 0 Å². The first-order chi connectivity index (χ1) is 12.3. The molecule has 2 heterocycles. The highest BCUT2D eigenvalue weighted by molar-refractivity contribution is 7.17. The van der Waals surface area contributed by atoms with Crippen LogP contribution in [0.1, 0.15) is 17.0 Å². The lowest BCUT2D eigenvalue weighted by Crippen LogP contribution is -2.22. The largest absolute Gasteiger partial charge is 0.360 e. The fourth-order valence-corrected chi connectivity index (χ4v) is 4.43. The van der Waals surface area contributed by atoms with Crippen LogP contribution in [-0.2, 0) is 11.5 Å². The number of benzene rings is 1. The van der Waals surface area contributed by atoms with E-state index >= 15 is 0 Å². The molecule has 0 aliphatic heterocycles. The Morgan fingerprint density at radius 2 is 2.04 bits per heavy atom. The molecule has 0 N–H and O–H groups in total. The molecule has 0 bridgehead atoms. The van der Waals surface area contributed by atoms with Crippen LogP contribution in [0, 0.1) is 25.2 Å². The van der Waals surface area contributed by atoms with Crippen molar-refractivity contribution in [3.63, 3.8) is 0 Å². The lowest BCUT2D eigenvalue weighted by atomic mass is 10.0. The predicted octanol–water partition coefficient (Wildman–Crippen LogP) is 4.96. The van der Waals surface area contributed by atoms with Gasteiger partial charge >= 0.3 is 0 Å². The van der Waals surface area contributed by atoms with E-state index < -0.39 is 8.07 Å². The van der Waals surface area contributed by atoms with E-state index in [0.717, 1.165) is 39.7 Å². The molecule has 136 valence electrons. The van der Waals surface area contributed by atoms with Gasteiger partial charge in [0.05, 0.1) is 15.7 Å². The number of nitriles is 1. The van der Waals surface area contributed by atoms with Crippen LogP contribution in [0.2, 0.25) is 25.7 Å². The van der Waals surface area contributed by atoms with Gasteiger partial charge in [-0.25, -0.2) is 9.67 Å². The second-order valence-corrected chi connectivity index (χ2v) is 14.2. The standard InChI is InChI=1S/C19H24N4OSSi/c1-13-6-7-15(18-19(13)25-11-21-18)17-14(2)23(22-16(17)10-20)12-24-8-9-26(3,4)5/h6-7,11H,8-9,12H2,1-5H3. The summed E-state index contributed by atoms with van der Waals surface area (Å²) in [4.78, 5) is 4.53. The van der Waals surface area contributed by atoms with E-state index in [1.807, 2.05) is 18.5 Å². The van der Waals surface area contributed by atoms with Crippen LogP contribution in [0.25, 0.3) is 21.3 Å². The SMILES string of the molecule is Cc1ccc(-c2c(C#N)nn(COCC[Si](C)(C)C)c2C)c2ncsc12. The lowest BCUT2D eigenvalue weighted by Gasteiger charge is -2.15. The van der Waals surface area contributed by atoms with Crippen LogP contribution in [0.4, 0.5) is 0 Å². The van der Waals surface area contributed by atoms with Gasteiger partial charge < -0.3 is 4.74 Å². The number of hydrogen-bond acceptors (Lipinski definition) is 5. The number of nitrogens with zero attached hydrogens (tertiary/aromatic N) is 4. The fraction of sp³-hybridized carbons (Fsp3) is 0.421. The molecule has 1 aromatic carbocycles. The molecule has 0 spiro atoms. The molecule has 0 aliphatic rings.